The average Bonchev–Trinajstić information content (AvgIpc) is 2.36. The summed E-state index contributed by atoms with van der Waals surface area (Å²) in [6.07, 6.45) is 5.69. The lowest BCUT2D eigenvalue weighted by atomic mass is 9.88. The van der Waals surface area contributed by atoms with Crippen molar-refractivity contribution >= 4 is 17.6 Å². The molecule has 5 heteroatoms. The lowest BCUT2D eigenvalue weighted by molar-refractivity contribution is -0.135. The third-order valence-corrected chi connectivity index (χ3v) is 3.72. The van der Waals surface area contributed by atoms with Crippen LogP contribution in [0.25, 0.3) is 0 Å². The van der Waals surface area contributed by atoms with Crippen molar-refractivity contribution in [1.29, 1.82) is 0 Å². The maximum absolute atomic E-state index is 12.1. The van der Waals surface area contributed by atoms with E-state index >= 15 is 0 Å². The van der Waals surface area contributed by atoms with Gasteiger partial charge in [0.2, 0.25) is 11.8 Å². The molecule has 0 bridgehead atoms. The number of hydrogen-bond acceptors (Lipinski definition) is 4. The number of ketones is 1. The summed E-state index contributed by atoms with van der Waals surface area (Å²) >= 11 is 0. The van der Waals surface area contributed by atoms with Gasteiger partial charge in [-0.3, -0.25) is 19.7 Å². The fraction of sp³-hybridized carbons (Fsp3) is 0.588. The number of hydrogen-bond donors (Lipinski definition) is 2. The second kappa shape index (κ2) is 8.63. The first-order chi connectivity index (χ1) is 10.3. The standard InChI is InChI=1S/C17H25NO4/c1-4-5-11(2)6-12(3)15(20)10-14(19)7-13-8-16(21)18-17(22)9-13/h4-6,12-14,19H,7-10H2,1-3H3,(H,18,21,22)/b5-4-,11-6+/t12-,14-/m1/s1. The molecule has 0 spiro atoms. The summed E-state index contributed by atoms with van der Waals surface area (Å²) in [5.74, 6) is -1.10. The van der Waals surface area contributed by atoms with Gasteiger partial charge >= 0.3 is 0 Å². The number of allylic oxidation sites excluding steroid dienone is 4. The molecule has 2 atom stereocenters. The van der Waals surface area contributed by atoms with E-state index in [1.807, 2.05) is 32.1 Å². The zero-order valence-corrected chi connectivity index (χ0v) is 13.5. The molecule has 122 valence electrons. The predicted octanol–water partition coefficient (Wildman–Crippen LogP) is 1.91. The molecule has 0 aromatic heterocycles. The van der Waals surface area contributed by atoms with Gasteiger partial charge in [-0.15, -0.1) is 0 Å². The summed E-state index contributed by atoms with van der Waals surface area (Å²) in [6, 6.07) is 0. The zero-order chi connectivity index (χ0) is 16.7. The summed E-state index contributed by atoms with van der Waals surface area (Å²) in [4.78, 5) is 34.7. The number of piperidine rings is 1. The summed E-state index contributed by atoms with van der Waals surface area (Å²) in [6.45, 7) is 5.64. The SMILES string of the molecule is C/C=C\C(C)=C\[C@@H](C)C(=O)C[C@H](O)CC1CC(=O)NC(=O)C1. The third-order valence-electron chi connectivity index (χ3n) is 3.72. The highest BCUT2D eigenvalue weighted by atomic mass is 16.3. The van der Waals surface area contributed by atoms with Gasteiger partial charge in [-0.25, -0.2) is 0 Å². The molecule has 1 aliphatic rings. The molecule has 2 N–H and O–H groups in total. The topological polar surface area (TPSA) is 83.5 Å². The van der Waals surface area contributed by atoms with Crippen molar-refractivity contribution in [3.05, 3.63) is 23.8 Å². The van der Waals surface area contributed by atoms with Crippen LogP contribution in [0.3, 0.4) is 0 Å². The van der Waals surface area contributed by atoms with Crippen molar-refractivity contribution in [1.82, 2.24) is 5.32 Å². The molecule has 1 rings (SSSR count). The van der Waals surface area contributed by atoms with Gasteiger partial charge < -0.3 is 5.11 Å². The number of aliphatic hydroxyl groups excluding tert-OH is 1. The van der Waals surface area contributed by atoms with Crippen LogP contribution in [0.5, 0.6) is 0 Å². The number of carbonyl (C=O) groups excluding carboxylic acids is 3. The molecule has 0 aromatic rings. The maximum Gasteiger partial charge on any atom is 0.226 e. The van der Waals surface area contributed by atoms with Gasteiger partial charge in [0.1, 0.15) is 5.78 Å². The Hall–Kier alpha value is -1.75. The van der Waals surface area contributed by atoms with E-state index in [2.05, 4.69) is 5.32 Å². The van der Waals surface area contributed by atoms with Crippen molar-refractivity contribution in [2.75, 3.05) is 0 Å². The Morgan fingerprint density at radius 2 is 1.95 bits per heavy atom. The number of imide groups is 1. The Labute approximate surface area is 131 Å². The summed E-state index contributed by atoms with van der Waals surface area (Å²) in [7, 11) is 0. The minimum atomic E-state index is -0.811. The van der Waals surface area contributed by atoms with E-state index < -0.39 is 6.10 Å². The van der Waals surface area contributed by atoms with Gasteiger partial charge in [0.15, 0.2) is 0 Å². The molecule has 1 saturated heterocycles. The monoisotopic (exact) mass is 307 g/mol. The van der Waals surface area contributed by atoms with Gasteiger partial charge in [0.05, 0.1) is 6.10 Å². The number of aliphatic hydroxyl groups is 1. The minimum Gasteiger partial charge on any atom is -0.393 e. The van der Waals surface area contributed by atoms with Crippen molar-refractivity contribution in [2.45, 2.75) is 52.6 Å². The van der Waals surface area contributed by atoms with Crippen LogP contribution >= 0.6 is 0 Å². The Kier molecular flexibility index (Phi) is 7.18. The lowest BCUT2D eigenvalue weighted by Crippen LogP contribution is -2.39. The molecule has 0 unspecified atom stereocenters. The number of nitrogens with one attached hydrogen (secondary N) is 1. The van der Waals surface area contributed by atoms with Crippen LogP contribution in [0.15, 0.2) is 23.8 Å². The molecule has 0 aliphatic carbocycles. The fourth-order valence-electron chi connectivity index (χ4n) is 2.71. The molecule has 22 heavy (non-hydrogen) atoms. The second-order valence-corrected chi connectivity index (χ2v) is 6.00. The van der Waals surface area contributed by atoms with Crippen LogP contribution in [0.1, 0.15) is 46.5 Å². The molecule has 0 radical (unpaired) electrons. The number of amides is 2. The number of rotatable bonds is 7. The van der Waals surface area contributed by atoms with E-state index in [0.29, 0.717) is 6.42 Å². The van der Waals surface area contributed by atoms with Crippen molar-refractivity contribution in [2.24, 2.45) is 11.8 Å². The third kappa shape index (κ3) is 6.35. The molecule has 2 amide bonds. The smallest absolute Gasteiger partial charge is 0.226 e. The first-order valence-electron chi connectivity index (χ1n) is 7.66. The molecule has 5 nitrogen and oxygen atoms in total. The van der Waals surface area contributed by atoms with Gasteiger partial charge in [-0.2, -0.15) is 0 Å². The van der Waals surface area contributed by atoms with Crippen LogP contribution in [-0.4, -0.2) is 28.8 Å². The van der Waals surface area contributed by atoms with Crippen molar-refractivity contribution < 1.29 is 19.5 Å². The van der Waals surface area contributed by atoms with Crippen molar-refractivity contribution in [3.8, 4) is 0 Å². The van der Waals surface area contributed by atoms with Crippen molar-refractivity contribution in [3.63, 3.8) is 0 Å². The maximum atomic E-state index is 12.1. The van der Waals surface area contributed by atoms with E-state index in [-0.39, 0.29) is 48.7 Å². The molecular weight excluding hydrogens is 282 g/mol. The second-order valence-electron chi connectivity index (χ2n) is 6.00. The van der Waals surface area contributed by atoms with E-state index in [1.165, 1.54) is 0 Å². The normalized spacial score (nSPS) is 20.1. The molecule has 1 aliphatic heterocycles. The highest BCUT2D eigenvalue weighted by molar-refractivity contribution is 5.97. The number of Topliss-reactive ketones (excluding diaryl/α,β-unsaturated/α-hetero) is 1. The molecule has 1 heterocycles. The van der Waals surface area contributed by atoms with Crippen LogP contribution in [0, 0.1) is 11.8 Å². The average molecular weight is 307 g/mol. The summed E-state index contributed by atoms with van der Waals surface area (Å²) < 4.78 is 0. The largest absolute Gasteiger partial charge is 0.393 e. The van der Waals surface area contributed by atoms with Crippen LogP contribution in [-0.2, 0) is 14.4 Å². The lowest BCUT2D eigenvalue weighted by Gasteiger charge is -2.23. The highest BCUT2D eigenvalue weighted by Gasteiger charge is 2.27. The van der Waals surface area contributed by atoms with Gasteiger partial charge in [0, 0.05) is 25.2 Å². The first-order valence-corrected chi connectivity index (χ1v) is 7.66. The molecular formula is C17H25NO4. The first kappa shape index (κ1) is 18.3. The Balaban J connectivity index is 2.48. The van der Waals surface area contributed by atoms with E-state index in [9.17, 15) is 19.5 Å². The Morgan fingerprint density at radius 3 is 2.50 bits per heavy atom. The Bertz CT molecular complexity index is 477. The minimum absolute atomic E-state index is 0.0389. The number of carbonyl (C=O) groups is 3. The van der Waals surface area contributed by atoms with Gasteiger partial charge in [-0.05, 0) is 26.2 Å². The van der Waals surface area contributed by atoms with Crippen LogP contribution in [0.4, 0.5) is 0 Å². The highest BCUT2D eigenvalue weighted by Crippen LogP contribution is 2.21. The van der Waals surface area contributed by atoms with Gasteiger partial charge in [0.25, 0.3) is 0 Å². The molecule has 1 fully saturated rings. The van der Waals surface area contributed by atoms with E-state index in [0.717, 1.165) is 5.57 Å². The fourth-order valence-corrected chi connectivity index (χ4v) is 2.71. The van der Waals surface area contributed by atoms with Gasteiger partial charge in [-0.1, -0.05) is 30.7 Å². The van der Waals surface area contributed by atoms with Crippen LogP contribution in [0.2, 0.25) is 0 Å². The zero-order valence-electron chi connectivity index (χ0n) is 13.5. The van der Waals surface area contributed by atoms with E-state index in [4.69, 9.17) is 0 Å². The van der Waals surface area contributed by atoms with E-state index in [1.54, 1.807) is 6.92 Å². The summed E-state index contributed by atoms with van der Waals surface area (Å²) in [5, 5.41) is 12.3. The van der Waals surface area contributed by atoms with Crippen LogP contribution < -0.4 is 5.32 Å². The molecule has 0 aromatic carbocycles. The quantitative estimate of drug-likeness (QED) is 0.556. The molecule has 0 saturated carbocycles. The predicted molar refractivity (Wildman–Crippen MR) is 83.9 cm³/mol. The summed E-state index contributed by atoms with van der Waals surface area (Å²) in [5.41, 5.74) is 1.01. The Morgan fingerprint density at radius 1 is 1.36 bits per heavy atom.